The third-order valence-corrected chi connectivity index (χ3v) is 4.51. The molecular formula is C19H24N2O. The van der Waals surface area contributed by atoms with Crippen molar-refractivity contribution in [2.24, 2.45) is 0 Å². The predicted molar refractivity (Wildman–Crippen MR) is 91.2 cm³/mol. The second kappa shape index (κ2) is 6.95. The standard InChI is InChI=1S/C19H24N2O/c1-16-7-9-17(10-8-16)19(15-22)21-13-11-20(12-14-21)18-5-3-2-4-6-18/h2-10,19,22H,11-15H2,1H3. The summed E-state index contributed by atoms with van der Waals surface area (Å²) in [5.74, 6) is 0. The summed E-state index contributed by atoms with van der Waals surface area (Å²) in [5.41, 5.74) is 3.76. The van der Waals surface area contributed by atoms with Crippen LogP contribution in [0.25, 0.3) is 0 Å². The van der Waals surface area contributed by atoms with Crippen molar-refractivity contribution >= 4 is 5.69 Å². The Morgan fingerprint density at radius 1 is 0.909 bits per heavy atom. The highest BCUT2D eigenvalue weighted by Gasteiger charge is 2.24. The summed E-state index contributed by atoms with van der Waals surface area (Å²) in [5, 5.41) is 9.83. The fourth-order valence-electron chi connectivity index (χ4n) is 3.15. The molecule has 2 aromatic carbocycles. The maximum absolute atomic E-state index is 9.83. The van der Waals surface area contributed by atoms with Crippen LogP contribution in [0.3, 0.4) is 0 Å². The largest absolute Gasteiger partial charge is 0.394 e. The van der Waals surface area contributed by atoms with Crippen LogP contribution < -0.4 is 4.90 Å². The Labute approximate surface area is 132 Å². The summed E-state index contributed by atoms with van der Waals surface area (Å²) < 4.78 is 0. The normalized spacial score (nSPS) is 17.5. The number of anilines is 1. The monoisotopic (exact) mass is 296 g/mol. The minimum atomic E-state index is 0.110. The lowest BCUT2D eigenvalue weighted by Crippen LogP contribution is -2.48. The van der Waals surface area contributed by atoms with E-state index in [-0.39, 0.29) is 12.6 Å². The Hall–Kier alpha value is -1.84. The van der Waals surface area contributed by atoms with Gasteiger partial charge in [0.15, 0.2) is 0 Å². The molecule has 1 fully saturated rings. The topological polar surface area (TPSA) is 26.7 Å². The van der Waals surface area contributed by atoms with Gasteiger partial charge in [-0.1, -0.05) is 48.0 Å². The fraction of sp³-hybridized carbons (Fsp3) is 0.368. The molecule has 2 aromatic rings. The van der Waals surface area contributed by atoms with Crippen molar-refractivity contribution in [1.29, 1.82) is 0 Å². The highest BCUT2D eigenvalue weighted by atomic mass is 16.3. The molecule has 1 unspecified atom stereocenters. The molecule has 0 aliphatic carbocycles. The Kier molecular flexibility index (Phi) is 4.76. The Morgan fingerprint density at radius 2 is 1.55 bits per heavy atom. The zero-order valence-corrected chi connectivity index (χ0v) is 13.2. The number of rotatable bonds is 4. The van der Waals surface area contributed by atoms with Gasteiger partial charge in [0.05, 0.1) is 12.6 Å². The van der Waals surface area contributed by atoms with Crippen molar-refractivity contribution in [2.75, 3.05) is 37.7 Å². The maximum Gasteiger partial charge on any atom is 0.0628 e. The van der Waals surface area contributed by atoms with Crippen molar-refractivity contribution in [3.8, 4) is 0 Å². The molecule has 1 aliphatic rings. The highest BCUT2D eigenvalue weighted by molar-refractivity contribution is 5.46. The molecule has 3 rings (SSSR count). The molecule has 1 aliphatic heterocycles. The predicted octanol–water partition coefficient (Wildman–Crippen LogP) is 2.85. The van der Waals surface area contributed by atoms with Crippen molar-refractivity contribution in [3.63, 3.8) is 0 Å². The molecule has 1 saturated heterocycles. The number of hydrogen-bond donors (Lipinski definition) is 1. The molecule has 0 amide bonds. The molecule has 0 spiro atoms. The van der Waals surface area contributed by atoms with Crippen LogP contribution in [0.4, 0.5) is 5.69 Å². The van der Waals surface area contributed by atoms with Gasteiger partial charge in [-0.15, -0.1) is 0 Å². The number of benzene rings is 2. The van der Waals surface area contributed by atoms with Gasteiger partial charge in [0, 0.05) is 31.9 Å². The molecule has 22 heavy (non-hydrogen) atoms. The van der Waals surface area contributed by atoms with Crippen LogP contribution in [0.2, 0.25) is 0 Å². The van der Waals surface area contributed by atoms with Crippen LogP contribution in [0, 0.1) is 6.92 Å². The zero-order chi connectivity index (χ0) is 15.4. The summed E-state index contributed by atoms with van der Waals surface area (Å²) in [4.78, 5) is 4.81. The number of nitrogens with zero attached hydrogens (tertiary/aromatic N) is 2. The van der Waals surface area contributed by atoms with Crippen molar-refractivity contribution in [2.45, 2.75) is 13.0 Å². The van der Waals surface area contributed by atoms with E-state index < -0.39 is 0 Å². The SMILES string of the molecule is Cc1ccc(C(CO)N2CCN(c3ccccc3)CC2)cc1. The number of aliphatic hydroxyl groups is 1. The van der Waals surface area contributed by atoms with Gasteiger partial charge in [-0.2, -0.15) is 0 Å². The summed E-state index contributed by atoms with van der Waals surface area (Å²) in [7, 11) is 0. The first kappa shape index (κ1) is 15.1. The van der Waals surface area contributed by atoms with E-state index in [2.05, 4.69) is 71.3 Å². The van der Waals surface area contributed by atoms with Gasteiger partial charge in [-0.25, -0.2) is 0 Å². The van der Waals surface area contributed by atoms with Gasteiger partial charge < -0.3 is 10.0 Å². The van der Waals surface area contributed by atoms with Crippen LogP contribution in [0.15, 0.2) is 54.6 Å². The lowest BCUT2D eigenvalue weighted by molar-refractivity contribution is 0.117. The molecule has 0 saturated carbocycles. The Balaban J connectivity index is 1.65. The molecule has 0 bridgehead atoms. The van der Waals surface area contributed by atoms with E-state index in [0.717, 1.165) is 26.2 Å². The summed E-state index contributed by atoms with van der Waals surface area (Å²) >= 11 is 0. The van der Waals surface area contributed by atoms with E-state index in [1.165, 1.54) is 16.8 Å². The average molecular weight is 296 g/mol. The first-order valence-electron chi connectivity index (χ1n) is 7.99. The van der Waals surface area contributed by atoms with Crippen LogP contribution in [0.5, 0.6) is 0 Å². The lowest BCUT2D eigenvalue weighted by Gasteiger charge is -2.40. The third kappa shape index (κ3) is 3.32. The van der Waals surface area contributed by atoms with Gasteiger partial charge in [-0.3, -0.25) is 4.90 Å². The Morgan fingerprint density at radius 3 is 2.14 bits per heavy atom. The Bertz CT molecular complexity index is 574. The van der Waals surface area contributed by atoms with Gasteiger partial charge in [0.1, 0.15) is 0 Å². The van der Waals surface area contributed by atoms with Gasteiger partial charge in [-0.05, 0) is 24.6 Å². The lowest BCUT2D eigenvalue weighted by atomic mass is 10.0. The first-order chi connectivity index (χ1) is 10.8. The first-order valence-corrected chi connectivity index (χ1v) is 7.99. The smallest absolute Gasteiger partial charge is 0.0628 e. The average Bonchev–Trinajstić information content (AvgIpc) is 2.59. The second-order valence-electron chi connectivity index (χ2n) is 5.97. The van der Waals surface area contributed by atoms with Crippen LogP contribution in [0.1, 0.15) is 17.2 Å². The molecular weight excluding hydrogens is 272 g/mol. The van der Waals surface area contributed by atoms with Crippen molar-refractivity contribution < 1.29 is 5.11 Å². The summed E-state index contributed by atoms with van der Waals surface area (Å²) in [6, 6.07) is 19.2. The highest BCUT2D eigenvalue weighted by Crippen LogP contribution is 2.24. The fourth-order valence-corrected chi connectivity index (χ4v) is 3.15. The molecule has 3 heteroatoms. The molecule has 1 N–H and O–H groups in total. The maximum atomic E-state index is 9.83. The van der Waals surface area contributed by atoms with Crippen LogP contribution >= 0.6 is 0 Å². The summed E-state index contributed by atoms with van der Waals surface area (Å²) in [6.45, 7) is 6.24. The number of aryl methyl sites for hydroxylation is 1. The molecule has 0 aromatic heterocycles. The molecule has 1 atom stereocenters. The quantitative estimate of drug-likeness (QED) is 0.940. The zero-order valence-electron chi connectivity index (χ0n) is 13.2. The molecule has 116 valence electrons. The third-order valence-electron chi connectivity index (χ3n) is 4.51. The number of piperazine rings is 1. The molecule has 3 nitrogen and oxygen atoms in total. The van der Waals surface area contributed by atoms with E-state index >= 15 is 0 Å². The number of hydrogen-bond acceptors (Lipinski definition) is 3. The van der Waals surface area contributed by atoms with Gasteiger partial charge in [0.25, 0.3) is 0 Å². The minimum Gasteiger partial charge on any atom is -0.394 e. The molecule has 1 heterocycles. The number of para-hydroxylation sites is 1. The van der Waals surface area contributed by atoms with Crippen LogP contribution in [-0.2, 0) is 0 Å². The van der Waals surface area contributed by atoms with E-state index in [9.17, 15) is 5.11 Å². The van der Waals surface area contributed by atoms with E-state index in [0.29, 0.717) is 0 Å². The minimum absolute atomic E-state index is 0.110. The second-order valence-corrected chi connectivity index (χ2v) is 5.97. The van der Waals surface area contributed by atoms with Gasteiger partial charge in [0.2, 0.25) is 0 Å². The number of aliphatic hydroxyl groups excluding tert-OH is 1. The summed E-state index contributed by atoms with van der Waals surface area (Å²) in [6.07, 6.45) is 0. The van der Waals surface area contributed by atoms with E-state index in [4.69, 9.17) is 0 Å². The van der Waals surface area contributed by atoms with Crippen molar-refractivity contribution in [3.05, 3.63) is 65.7 Å². The van der Waals surface area contributed by atoms with Crippen LogP contribution in [-0.4, -0.2) is 42.8 Å². The molecule has 0 radical (unpaired) electrons. The van der Waals surface area contributed by atoms with E-state index in [1.54, 1.807) is 0 Å². The van der Waals surface area contributed by atoms with E-state index in [1.807, 2.05) is 0 Å². The van der Waals surface area contributed by atoms with Crippen molar-refractivity contribution in [1.82, 2.24) is 4.90 Å². The van der Waals surface area contributed by atoms with Gasteiger partial charge >= 0.3 is 0 Å².